The SMILES string of the molecule is CN1CC=C(c2ccc(B3OC(C)(C)C(C)(C)O3)cc2F)CC1.CN1CC=C(c2ccc(Br)cc2F)CC1.CN1CCC(O)(c2ccc(Br)cc2F)CC1.CN1CCC(c2ccc(B3OC(C)(C)C(C)(C)O3)cc2F)CC1.Fc1cc(Br)ccc1I. The van der Waals surface area contributed by atoms with Gasteiger partial charge in [0.05, 0.1) is 28.0 Å². The van der Waals surface area contributed by atoms with Gasteiger partial charge in [0.15, 0.2) is 0 Å². The van der Waals surface area contributed by atoms with Gasteiger partial charge in [0.25, 0.3) is 0 Å². The first kappa shape index (κ1) is 70.6. The zero-order valence-electron chi connectivity index (χ0n) is 51.7. The number of likely N-dealkylation sites (tertiary alicyclic amines) is 2. The van der Waals surface area contributed by atoms with Gasteiger partial charge in [0.1, 0.15) is 29.1 Å². The van der Waals surface area contributed by atoms with Gasteiger partial charge in [-0.25, -0.2) is 22.0 Å². The van der Waals surface area contributed by atoms with Gasteiger partial charge in [0.2, 0.25) is 0 Å². The number of nitrogens with zero attached hydrogens (tertiary/aromatic N) is 4. The van der Waals surface area contributed by atoms with Crippen molar-refractivity contribution >= 4 is 107 Å². The predicted octanol–water partition coefficient (Wildman–Crippen LogP) is 14.8. The summed E-state index contributed by atoms with van der Waals surface area (Å²) in [5.41, 5.74) is 3.76. The number of aliphatic hydroxyl groups is 1. The summed E-state index contributed by atoms with van der Waals surface area (Å²) < 4.78 is 96.1. The van der Waals surface area contributed by atoms with E-state index in [9.17, 15) is 27.1 Å². The zero-order chi connectivity index (χ0) is 63.1. The number of hydrogen-bond donors (Lipinski definition) is 1. The highest BCUT2D eigenvalue weighted by atomic mass is 127. The van der Waals surface area contributed by atoms with Crippen LogP contribution < -0.4 is 10.9 Å². The second kappa shape index (κ2) is 30.1. The summed E-state index contributed by atoms with van der Waals surface area (Å²) in [6, 6.07) is 25.9. The average molecular weight is 1500 g/mol. The Morgan fingerprint density at radius 1 is 0.477 bits per heavy atom. The third kappa shape index (κ3) is 18.4. The molecule has 466 valence electrons. The van der Waals surface area contributed by atoms with E-state index in [4.69, 9.17) is 18.6 Å². The third-order valence-corrected chi connectivity index (χ3v) is 20.2. The van der Waals surface area contributed by atoms with Gasteiger partial charge in [-0.2, -0.15) is 0 Å². The fraction of sp³-hybridized carbons (Fsp3) is 0.485. The molecule has 6 aliphatic rings. The molecular formula is C66H83B2Br3F5IN4O5. The van der Waals surface area contributed by atoms with E-state index in [0.717, 1.165) is 120 Å². The summed E-state index contributed by atoms with van der Waals surface area (Å²) in [5.74, 6) is -0.662. The normalized spacial score (nSPS) is 21.1. The smallest absolute Gasteiger partial charge is 0.399 e. The van der Waals surface area contributed by atoms with Gasteiger partial charge < -0.3 is 43.3 Å². The molecule has 11 rings (SSSR count). The van der Waals surface area contributed by atoms with Crippen LogP contribution in [0.5, 0.6) is 0 Å². The third-order valence-electron chi connectivity index (χ3n) is 17.8. The predicted molar refractivity (Wildman–Crippen MR) is 360 cm³/mol. The molecule has 1 N–H and O–H groups in total. The van der Waals surface area contributed by atoms with Crippen LogP contribution in [0, 0.1) is 32.7 Å². The molecule has 0 saturated carbocycles. The highest BCUT2D eigenvalue weighted by Crippen LogP contribution is 2.39. The molecule has 20 heteroatoms. The van der Waals surface area contributed by atoms with E-state index in [1.54, 1.807) is 30.3 Å². The zero-order valence-corrected chi connectivity index (χ0v) is 58.6. The van der Waals surface area contributed by atoms with E-state index in [1.807, 2.05) is 127 Å². The van der Waals surface area contributed by atoms with Crippen LogP contribution in [0.3, 0.4) is 0 Å². The maximum atomic E-state index is 14.6. The molecule has 5 aromatic rings. The Hall–Kier alpha value is -2.83. The van der Waals surface area contributed by atoms with Crippen LogP contribution in [0.25, 0.3) is 11.1 Å². The summed E-state index contributed by atoms with van der Waals surface area (Å²) in [5, 5.41) is 10.5. The van der Waals surface area contributed by atoms with Crippen LogP contribution in [0.2, 0.25) is 0 Å². The molecule has 0 radical (unpaired) electrons. The maximum absolute atomic E-state index is 14.6. The molecule has 0 bridgehead atoms. The second-order valence-corrected chi connectivity index (χ2v) is 29.3. The molecule has 5 aromatic carbocycles. The van der Waals surface area contributed by atoms with Crippen LogP contribution in [0.1, 0.15) is 122 Å². The summed E-state index contributed by atoms with van der Waals surface area (Å²) in [4.78, 5) is 8.89. The van der Waals surface area contributed by atoms with Gasteiger partial charge in [-0.15, -0.1) is 0 Å². The van der Waals surface area contributed by atoms with E-state index in [2.05, 4.69) is 101 Å². The van der Waals surface area contributed by atoms with Gasteiger partial charge in [-0.1, -0.05) is 96.3 Å². The molecule has 0 aliphatic carbocycles. The fourth-order valence-corrected chi connectivity index (χ4v) is 11.9. The minimum atomic E-state index is -1.00. The quantitative estimate of drug-likeness (QED) is 0.0775. The van der Waals surface area contributed by atoms with Crippen molar-refractivity contribution in [1.82, 2.24) is 19.6 Å². The van der Waals surface area contributed by atoms with Crippen molar-refractivity contribution in [2.24, 2.45) is 0 Å². The van der Waals surface area contributed by atoms with Gasteiger partial charge in [-0.05, 0) is 246 Å². The van der Waals surface area contributed by atoms with Crippen molar-refractivity contribution in [3.05, 3.63) is 171 Å². The molecule has 86 heavy (non-hydrogen) atoms. The number of rotatable bonds is 6. The van der Waals surface area contributed by atoms with Crippen molar-refractivity contribution in [3.8, 4) is 0 Å². The van der Waals surface area contributed by atoms with E-state index in [0.29, 0.717) is 37.9 Å². The lowest BCUT2D eigenvalue weighted by Gasteiger charge is -2.37. The topological polar surface area (TPSA) is 70.1 Å². The van der Waals surface area contributed by atoms with Crippen molar-refractivity contribution in [2.45, 2.75) is 128 Å². The molecule has 0 aromatic heterocycles. The Morgan fingerprint density at radius 3 is 1.28 bits per heavy atom. The lowest BCUT2D eigenvalue weighted by atomic mass is 9.77. The molecule has 4 fully saturated rings. The first-order valence-corrected chi connectivity index (χ1v) is 32.9. The monoisotopic (exact) mass is 1490 g/mol. The van der Waals surface area contributed by atoms with Crippen molar-refractivity contribution in [2.75, 3.05) is 80.5 Å². The Labute approximate surface area is 547 Å². The van der Waals surface area contributed by atoms with E-state index >= 15 is 0 Å². The number of piperidine rings is 2. The first-order chi connectivity index (χ1) is 40.3. The minimum absolute atomic E-state index is 0.133. The summed E-state index contributed by atoms with van der Waals surface area (Å²) in [6.45, 7) is 23.4. The summed E-state index contributed by atoms with van der Waals surface area (Å²) in [7, 11) is 7.26. The standard InChI is InChI=1S/C18H27BFNO2.C18H25BFNO2.C12H15BrFNO.C12H13BrFN.C6H3BrFI/c2*1-17(2)18(3,4)23-19(22-17)14-6-7-15(16(20)12-14)13-8-10-21(5)11-9-13;1-15-6-4-12(16,5-7-15)10-3-2-9(13)8-11(10)14;1-15-6-4-9(5-7-15)11-3-2-10(13)8-12(11)14;7-4-1-2-6(9)5(8)3-4/h6-7,12-13H,8-11H2,1-5H3;6-8,12H,9-11H2,1-5H3;2-3,8,16H,4-7H2,1H3;2-4,8H,5-7H2,1H3;1-3H. The molecule has 6 heterocycles. The van der Waals surface area contributed by atoms with Gasteiger partial charge in [-0.3, -0.25) is 0 Å². The van der Waals surface area contributed by atoms with Crippen molar-refractivity contribution in [3.63, 3.8) is 0 Å². The van der Waals surface area contributed by atoms with Crippen LogP contribution >= 0.6 is 70.4 Å². The first-order valence-electron chi connectivity index (χ1n) is 29.4. The molecule has 9 nitrogen and oxygen atoms in total. The Bertz CT molecular complexity index is 3170. The molecule has 0 unspecified atom stereocenters. The molecule has 0 atom stereocenters. The largest absolute Gasteiger partial charge is 0.494 e. The van der Waals surface area contributed by atoms with Crippen LogP contribution in [-0.4, -0.2) is 142 Å². The Kier molecular flexibility index (Phi) is 24.7. The highest BCUT2D eigenvalue weighted by molar-refractivity contribution is 14.1. The molecule has 4 saturated heterocycles. The molecule has 6 aliphatic heterocycles. The van der Waals surface area contributed by atoms with Crippen LogP contribution in [0.15, 0.2) is 117 Å². The number of benzene rings is 5. The molecular weight excluding hydrogens is 1410 g/mol. The maximum Gasteiger partial charge on any atom is 0.494 e. The lowest BCUT2D eigenvalue weighted by molar-refractivity contribution is -0.0230. The number of halogens is 9. The Morgan fingerprint density at radius 2 is 0.872 bits per heavy atom. The average Bonchev–Trinajstić information content (AvgIpc) is 1.94. The lowest BCUT2D eigenvalue weighted by Crippen LogP contribution is -2.41. The van der Waals surface area contributed by atoms with Gasteiger partial charge >= 0.3 is 14.2 Å². The van der Waals surface area contributed by atoms with Crippen molar-refractivity contribution < 1.29 is 45.7 Å². The molecule has 0 spiro atoms. The van der Waals surface area contributed by atoms with E-state index in [1.165, 1.54) is 18.2 Å². The number of likely N-dealkylation sites (N-methyl/N-ethyl adjacent to an activating group) is 2. The van der Waals surface area contributed by atoms with Gasteiger partial charge in [0, 0.05) is 72.9 Å². The van der Waals surface area contributed by atoms with Crippen LogP contribution in [-0.2, 0) is 24.2 Å². The van der Waals surface area contributed by atoms with E-state index < -0.39 is 42.2 Å². The second-order valence-electron chi connectivity index (χ2n) is 25.4. The molecule has 0 amide bonds. The van der Waals surface area contributed by atoms with Crippen molar-refractivity contribution in [1.29, 1.82) is 0 Å². The van der Waals surface area contributed by atoms with Crippen LogP contribution in [0.4, 0.5) is 22.0 Å². The summed E-state index contributed by atoms with van der Waals surface area (Å²) in [6.07, 6.45) is 9.22. The Balaban J connectivity index is 0.000000159. The highest BCUT2D eigenvalue weighted by Gasteiger charge is 2.53. The summed E-state index contributed by atoms with van der Waals surface area (Å²) >= 11 is 11.6. The van der Waals surface area contributed by atoms with E-state index in [-0.39, 0.29) is 29.1 Å². The number of hydrogen-bond acceptors (Lipinski definition) is 9. The fourth-order valence-electron chi connectivity index (χ4n) is 10.6. The minimum Gasteiger partial charge on any atom is -0.399 e.